The third-order valence-corrected chi connectivity index (χ3v) is 5.01. The molecule has 1 unspecified atom stereocenters. The second kappa shape index (κ2) is 5.69. The second-order valence-electron chi connectivity index (χ2n) is 4.19. The molecule has 0 aromatic heterocycles. The summed E-state index contributed by atoms with van der Waals surface area (Å²) in [5, 5.41) is 9.09. The minimum absolute atomic E-state index is 0.0573. The van der Waals surface area contributed by atoms with Crippen LogP contribution < -0.4 is 21.2 Å². The first-order chi connectivity index (χ1) is 8.63. The fourth-order valence-electron chi connectivity index (χ4n) is 2.17. The molecule has 0 spiro atoms. The van der Waals surface area contributed by atoms with Gasteiger partial charge in [0.25, 0.3) is 0 Å². The third-order valence-electron chi connectivity index (χ3n) is 3.09. The number of amides is 1. The van der Waals surface area contributed by atoms with Crippen molar-refractivity contribution >= 4 is 11.9 Å². The maximum atomic E-state index is 12.3. The standard InChI is InChI=1S/C13H15INO3/c1-14-10-5-2-4-9(8-10)12(16)15-7-3-6-11(15)13(17)18/h2,4-5,8,11H,3,6-7H2,1H3,(H,17,18)/q-1. The zero-order valence-electron chi connectivity index (χ0n) is 10.1. The van der Waals surface area contributed by atoms with E-state index >= 15 is 0 Å². The van der Waals surface area contributed by atoms with E-state index in [4.69, 9.17) is 5.11 Å². The molecule has 1 heterocycles. The summed E-state index contributed by atoms with van der Waals surface area (Å²) < 4.78 is 1.20. The van der Waals surface area contributed by atoms with Crippen molar-refractivity contribution in [1.29, 1.82) is 0 Å². The molecule has 1 aliphatic rings. The molecule has 0 radical (unpaired) electrons. The Labute approximate surface area is 116 Å². The first-order valence-electron chi connectivity index (χ1n) is 5.77. The summed E-state index contributed by atoms with van der Waals surface area (Å²) in [5.74, 6) is -1.06. The predicted octanol–water partition coefficient (Wildman–Crippen LogP) is -1.74. The van der Waals surface area contributed by atoms with E-state index in [1.54, 1.807) is 6.07 Å². The molecule has 1 aliphatic heterocycles. The molecule has 1 aromatic rings. The maximum absolute atomic E-state index is 12.3. The van der Waals surface area contributed by atoms with Crippen LogP contribution in [0.4, 0.5) is 0 Å². The van der Waals surface area contributed by atoms with Crippen LogP contribution in [0.2, 0.25) is 0 Å². The van der Waals surface area contributed by atoms with E-state index in [0.29, 0.717) is 18.5 Å². The van der Waals surface area contributed by atoms with Crippen LogP contribution in [0.25, 0.3) is 0 Å². The van der Waals surface area contributed by atoms with Crippen LogP contribution in [-0.2, 0) is 4.79 Å². The van der Waals surface area contributed by atoms with Gasteiger partial charge in [-0.3, -0.25) is 0 Å². The van der Waals surface area contributed by atoms with Gasteiger partial charge in [-0.05, 0) is 0 Å². The van der Waals surface area contributed by atoms with E-state index in [-0.39, 0.29) is 27.1 Å². The van der Waals surface area contributed by atoms with Crippen molar-refractivity contribution < 1.29 is 35.9 Å². The van der Waals surface area contributed by atoms with Gasteiger partial charge in [0, 0.05) is 0 Å². The number of nitrogens with zero attached hydrogens (tertiary/aromatic N) is 1. The molecule has 2 rings (SSSR count). The van der Waals surface area contributed by atoms with Crippen LogP contribution in [0.3, 0.4) is 0 Å². The van der Waals surface area contributed by atoms with Gasteiger partial charge in [0.1, 0.15) is 0 Å². The fraction of sp³-hybridized carbons (Fsp3) is 0.385. The average molecular weight is 360 g/mol. The molecular weight excluding hydrogens is 345 g/mol. The van der Waals surface area contributed by atoms with Crippen LogP contribution in [0.15, 0.2) is 24.3 Å². The number of halogens is 1. The molecular formula is C13H15INO3-. The van der Waals surface area contributed by atoms with Gasteiger partial charge in [0.05, 0.1) is 0 Å². The summed E-state index contributed by atoms with van der Waals surface area (Å²) in [5.41, 5.74) is 0.613. The summed E-state index contributed by atoms with van der Waals surface area (Å²) >= 11 is -0.0573. The molecule has 4 nitrogen and oxygen atoms in total. The number of hydrogen-bond donors (Lipinski definition) is 1. The molecule has 0 aliphatic carbocycles. The van der Waals surface area contributed by atoms with Crippen molar-refractivity contribution in [2.24, 2.45) is 0 Å². The van der Waals surface area contributed by atoms with E-state index in [2.05, 4.69) is 4.93 Å². The van der Waals surface area contributed by atoms with Crippen molar-refractivity contribution in [2.75, 3.05) is 11.5 Å². The number of rotatable bonds is 3. The molecule has 1 aromatic carbocycles. The molecule has 1 fully saturated rings. The average Bonchev–Trinajstić information content (AvgIpc) is 2.87. The van der Waals surface area contributed by atoms with Crippen molar-refractivity contribution in [3.63, 3.8) is 0 Å². The van der Waals surface area contributed by atoms with Crippen molar-refractivity contribution in [3.05, 3.63) is 33.4 Å². The Morgan fingerprint density at radius 3 is 2.89 bits per heavy atom. The zero-order chi connectivity index (χ0) is 13.1. The predicted molar refractivity (Wildman–Crippen MR) is 62.8 cm³/mol. The molecule has 1 N–H and O–H groups in total. The van der Waals surface area contributed by atoms with Crippen LogP contribution in [0.5, 0.6) is 0 Å². The summed E-state index contributed by atoms with van der Waals surface area (Å²) in [7, 11) is 0. The number of benzene rings is 1. The number of carbonyl (C=O) groups excluding carboxylic acids is 1. The molecule has 18 heavy (non-hydrogen) atoms. The van der Waals surface area contributed by atoms with Gasteiger partial charge in [-0.15, -0.1) is 0 Å². The van der Waals surface area contributed by atoms with Gasteiger partial charge in [0.15, 0.2) is 0 Å². The van der Waals surface area contributed by atoms with Crippen LogP contribution in [-0.4, -0.2) is 39.4 Å². The van der Waals surface area contributed by atoms with Gasteiger partial charge < -0.3 is 0 Å². The monoisotopic (exact) mass is 360 g/mol. The van der Waals surface area contributed by atoms with Crippen LogP contribution >= 0.6 is 0 Å². The number of carboxylic acids is 1. The Morgan fingerprint density at radius 1 is 1.44 bits per heavy atom. The van der Waals surface area contributed by atoms with Gasteiger partial charge in [0.2, 0.25) is 0 Å². The second-order valence-corrected chi connectivity index (χ2v) is 6.52. The number of hydrogen-bond acceptors (Lipinski definition) is 2. The number of carboxylic acid groups (broad SMARTS) is 1. The SMILES string of the molecule is C[I-]c1cccc(C(=O)N2CCCC2C(=O)O)c1. The fourth-order valence-corrected chi connectivity index (χ4v) is 3.39. The van der Waals surface area contributed by atoms with Gasteiger partial charge in [-0.1, -0.05) is 0 Å². The number of likely N-dealkylation sites (tertiary alicyclic amines) is 1. The molecule has 98 valence electrons. The minimum atomic E-state index is -0.903. The zero-order valence-corrected chi connectivity index (χ0v) is 12.3. The quantitative estimate of drug-likeness (QED) is 0.515. The Kier molecular flexibility index (Phi) is 4.21. The van der Waals surface area contributed by atoms with Crippen molar-refractivity contribution in [1.82, 2.24) is 4.90 Å². The van der Waals surface area contributed by atoms with Gasteiger partial charge in [-0.2, -0.15) is 0 Å². The van der Waals surface area contributed by atoms with E-state index in [1.165, 1.54) is 8.47 Å². The van der Waals surface area contributed by atoms with Crippen molar-refractivity contribution in [3.8, 4) is 0 Å². The third kappa shape index (κ3) is 2.66. The summed E-state index contributed by atoms with van der Waals surface area (Å²) in [6, 6.07) is 6.90. The summed E-state index contributed by atoms with van der Waals surface area (Å²) in [6.07, 6.45) is 1.32. The molecule has 5 heteroatoms. The molecule has 0 bridgehead atoms. The molecule has 1 amide bonds. The Hall–Kier alpha value is -1.11. The summed E-state index contributed by atoms with van der Waals surface area (Å²) in [4.78, 5) is 27.0. The Balaban J connectivity index is 2.22. The van der Waals surface area contributed by atoms with Crippen LogP contribution in [0, 0.1) is 3.57 Å². The van der Waals surface area contributed by atoms with Gasteiger partial charge >= 0.3 is 116 Å². The number of carbonyl (C=O) groups is 2. The van der Waals surface area contributed by atoms with Crippen molar-refractivity contribution in [2.45, 2.75) is 18.9 Å². The first-order valence-corrected chi connectivity index (χ1v) is 9.00. The Morgan fingerprint density at radius 2 is 2.22 bits per heavy atom. The normalized spacial score (nSPS) is 19.2. The van der Waals surface area contributed by atoms with E-state index in [0.717, 1.165) is 6.42 Å². The summed E-state index contributed by atoms with van der Waals surface area (Å²) in [6.45, 7) is 0.543. The molecule has 0 saturated carbocycles. The van der Waals surface area contributed by atoms with E-state index in [1.807, 2.05) is 18.2 Å². The van der Waals surface area contributed by atoms with Gasteiger partial charge in [-0.25, -0.2) is 0 Å². The molecule has 1 saturated heterocycles. The van der Waals surface area contributed by atoms with E-state index in [9.17, 15) is 9.59 Å². The van der Waals surface area contributed by atoms with Crippen LogP contribution in [0.1, 0.15) is 23.2 Å². The molecule has 1 atom stereocenters. The number of alkyl halides is 1. The first kappa shape index (κ1) is 13.3. The number of aliphatic carboxylic acids is 1. The topological polar surface area (TPSA) is 57.6 Å². The Bertz CT molecular complexity index is 475. The van der Waals surface area contributed by atoms with E-state index < -0.39 is 12.0 Å².